The molecule has 2 amide bonds. The molecule has 1 heterocycles. The van der Waals surface area contributed by atoms with Crippen molar-refractivity contribution in [1.82, 2.24) is 10.6 Å². The van der Waals surface area contributed by atoms with E-state index in [2.05, 4.69) is 60.2 Å². The van der Waals surface area contributed by atoms with Crippen LogP contribution in [0.3, 0.4) is 0 Å². The second-order valence-corrected chi connectivity index (χ2v) is 7.62. The fraction of sp³-hybridized carbons (Fsp3) is 0.429. The minimum absolute atomic E-state index is 0.0216. The van der Waals surface area contributed by atoms with Gasteiger partial charge in [-0.3, -0.25) is 9.59 Å². The van der Waals surface area contributed by atoms with Gasteiger partial charge in [-0.2, -0.15) is 0 Å². The molecule has 0 radical (unpaired) electrons. The van der Waals surface area contributed by atoms with E-state index in [1.54, 1.807) is 11.3 Å². The maximum atomic E-state index is 12.1. The Morgan fingerprint density at radius 1 is 1.04 bits per heavy atom. The summed E-state index contributed by atoms with van der Waals surface area (Å²) < 4.78 is 0. The average molecular weight is 389 g/mol. The molecule has 0 unspecified atom stereocenters. The largest absolute Gasteiger partial charge is 0.355 e. The topological polar surface area (TPSA) is 74.8 Å². The summed E-state index contributed by atoms with van der Waals surface area (Å²) >= 11 is 1.69. The van der Waals surface area contributed by atoms with Gasteiger partial charge in [0.15, 0.2) is 6.54 Å². The Morgan fingerprint density at radius 3 is 2.33 bits per heavy atom. The minimum atomic E-state index is -0.165. The van der Waals surface area contributed by atoms with Crippen LogP contribution in [0.1, 0.15) is 55.2 Å². The van der Waals surface area contributed by atoms with E-state index < -0.39 is 0 Å². The van der Waals surface area contributed by atoms with E-state index in [0.29, 0.717) is 12.5 Å². The van der Waals surface area contributed by atoms with Gasteiger partial charge in [0, 0.05) is 12.1 Å². The highest BCUT2D eigenvalue weighted by Crippen LogP contribution is 2.25. The predicted octanol–water partition coefficient (Wildman–Crippen LogP) is 2.17. The van der Waals surface area contributed by atoms with Crippen molar-refractivity contribution in [2.45, 2.75) is 39.2 Å². The van der Waals surface area contributed by atoms with Gasteiger partial charge in [-0.1, -0.05) is 44.2 Å². The highest BCUT2D eigenvalue weighted by Gasteiger charge is 2.20. The van der Waals surface area contributed by atoms with Crippen LogP contribution in [-0.2, 0) is 9.59 Å². The number of quaternary nitrogens is 1. The van der Waals surface area contributed by atoms with Crippen LogP contribution in [0, 0.1) is 0 Å². The number of hydrogen-bond donors (Lipinski definition) is 3. The third kappa shape index (κ3) is 6.48. The Morgan fingerprint density at radius 2 is 1.74 bits per heavy atom. The molecule has 0 aliphatic rings. The van der Waals surface area contributed by atoms with E-state index in [-0.39, 0.29) is 30.9 Å². The molecular formula is C21H30N3O2S+. The van der Waals surface area contributed by atoms with Gasteiger partial charge in [-0.15, -0.1) is 11.3 Å². The summed E-state index contributed by atoms with van der Waals surface area (Å²) in [5.41, 5.74) is 2.52. The normalized spacial score (nSPS) is 13.0. The zero-order valence-electron chi connectivity index (χ0n) is 16.3. The first-order chi connectivity index (χ1) is 13.0. The molecule has 5 nitrogen and oxygen atoms in total. The molecular weight excluding hydrogens is 358 g/mol. The summed E-state index contributed by atoms with van der Waals surface area (Å²) in [7, 11) is 0. The van der Waals surface area contributed by atoms with Gasteiger partial charge in [0.2, 0.25) is 5.91 Å². The summed E-state index contributed by atoms with van der Waals surface area (Å²) in [5.74, 6) is 0.239. The molecule has 0 aliphatic carbocycles. The summed E-state index contributed by atoms with van der Waals surface area (Å²) in [6.45, 7) is 7.14. The molecule has 2 rings (SSSR count). The maximum absolute atomic E-state index is 12.1. The van der Waals surface area contributed by atoms with Gasteiger partial charge < -0.3 is 16.0 Å². The third-order valence-corrected chi connectivity index (χ3v) is 5.64. The lowest BCUT2D eigenvalue weighted by Crippen LogP contribution is -2.87. The molecule has 1 aromatic carbocycles. The van der Waals surface area contributed by atoms with E-state index in [1.807, 2.05) is 18.3 Å². The molecule has 146 valence electrons. The summed E-state index contributed by atoms with van der Waals surface area (Å²) in [6, 6.07) is 12.9. The molecule has 2 aromatic rings. The molecule has 0 aliphatic heterocycles. The average Bonchev–Trinajstić information content (AvgIpc) is 3.21. The number of hydrogen-bond acceptors (Lipinski definition) is 3. The highest BCUT2D eigenvalue weighted by atomic mass is 32.1. The van der Waals surface area contributed by atoms with E-state index in [1.165, 1.54) is 16.0 Å². The zero-order chi connectivity index (χ0) is 19.6. The van der Waals surface area contributed by atoms with E-state index in [9.17, 15) is 9.59 Å². The fourth-order valence-corrected chi connectivity index (χ4v) is 3.74. The number of amides is 2. The second-order valence-electron chi connectivity index (χ2n) is 6.64. The molecule has 0 fully saturated rings. The molecule has 0 saturated heterocycles. The first-order valence-electron chi connectivity index (χ1n) is 9.55. The maximum Gasteiger partial charge on any atom is 0.275 e. The molecule has 4 N–H and O–H groups in total. The lowest BCUT2D eigenvalue weighted by Gasteiger charge is -2.16. The molecule has 1 aromatic heterocycles. The van der Waals surface area contributed by atoms with Crippen molar-refractivity contribution < 1.29 is 14.9 Å². The van der Waals surface area contributed by atoms with Crippen molar-refractivity contribution >= 4 is 23.2 Å². The molecule has 27 heavy (non-hydrogen) atoms. The van der Waals surface area contributed by atoms with Crippen molar-refractivity contribution in [3.63, 3.8) is 0 Å². The van der Waals surface area contributed by atoms with E-state index in [4.69, 9.17) is 0 Å². The van der Waals surface area contributed by atoms with Crippen LogP contribution < -0.4 is 16.0 Å². The van der Waals surface area contributed by atoms with Gasteiger partial charge in [0.25, 0.3) is 5.91 Å². The van der Waals surface area contributed by atoms with Crippen LogP contribution in [0.15, 0.2) is 41.8 Å². The summed E-state index contributed by atoms with van der Waals surface area (Å²) in [4.78, 5) is 24.8. The Hall–Kier alpha value is -2.18. The molecule has 2 atom stereocenters. The third-order valence-electron chi connectivity index (χ3n) is 4.69. The van der Waals surface area contributed by atoms with Crippen molar-refractivity contribution in [2.24, 2.45) is 0 Å². The Bertz CT molecular complexity index is 714. The molecule has 0 spiro atoms. The fourth-order valence-electron chi connectivity index (χ4n) is 2.89. The molecule has 0 bridgehead atoms. The standard InChI is InChI=1S/C21H29N3O2S/c1-4-15(3)16-8-10-17(11-9-16)21(18-7-6-12-27-18)24-14-20(26)23-13-19(25)22-5-2/h6-12,15,21,24H,4-5,13-14H2,1-3H3,(H,22,25)(H,23,26)/p+1/t15-,21+/m1/s1. The number of thiophene rings is 1. The second kappa shape index (κ2) is 10.8. The summed E-state index contributed by atoms with van der Waals surface area (Å²) in [5, 5.41) is 9.42. The van der Waals surface area contributed by atoms with Crippen LogP contribution in [0.25, 0.3) is 0 Å². The van der Waals surface area contributed by atoms with Gasteiger partial charge in [0.1, 0.15) is 6.04 Å². The van der Waals surface area contributed by atoms with Crippen LogP contribution in [0.5, 0.6) is 0 Å². The highest BCUT2D eigenvalue weighted by molar-refractivity contribution is 7.10. The van der Waals surface area contributed by atoms with Gasteiger partial charge in [0.05, 0.1) is 11.4 Å². The predicted molar refractivity (Wildman–Crippen MR) is 110 cm³/mol. The number of rotatable bonds is 10. The number of carbonyl (C=O) groups is 2. The summed E-state index contributed by atoms with van der Waals surface area (Å²) in [6.07, 6.45) is 1.12. The Labute approximate surface area is 165 Å². The zero-order valence-corrected chi connectivity index (χ0v) is 17.1. The van der Waals surface area contributed by atoms with Crippen molar-refractivity contribution in [1.29, 1.82) is 0 Å². The number of likely N-dealkylation sites (N-methyl/N-ethyl adjacent to an activating group) is 1. The van der Waals surface area contributed by atoms with Gasteiger partial charge >= 0.3 is 0 Å². The molecule has 6 heteroatoms. The van der Waals surface area contributed by atoms with Crippen LogP contribution >= 0.6 is 11.3 Å². The van der Waals surface area contributed by atoms with E-state index >= 15 is 0 Å². The quantitative estimate of drug-likeness (QED) is 0.583. The van der Waals surface area contributed by atoms with Gasteiger partial charge in [-0.05, 0) is 36.3 Å². The van der Waals surface area contributed by atoms with Crippen molar-refractivity contribution in [3.8, 4) is 0 Å². The van der Waals surface area contributed by atoms with Crippen LogP contribution in [0.4, 0.5) is 0 Å². The monoisotopic (exact) mass is 388 g/mol. The number of nitrogens with one attached hydrogen (secondary N) is 2. The first-order valence-corrected chi connectivity index (χ1v) is 10.4. The number of benzene rings is 1. The first kappa shape index (κ1) is 21.1. The lowest BCUT2D eigenvalue weighted by atomic mass is 9.95. The van der Waals surface area contributed by atoms with Crippen molar-refractivity contribution in [3.05, 3.63) is 57.8 Å². The number of carbonyl (C=O) groups excluding carboxylic acids is 2. The van der Waals surface area contributed by atoms with Crippen molar-refractivity contribution in [2.75, 3.05) is 19.6 Å². The van der Waals surface area contributed by atoms with E-state index in [0.717, 1.165) is 6.42 Å². The minimum Gasteiger partial charge on any atom is -0.355 e. The van der Waals surface area contributed by atoms with Gasteiger partial charge in [-0.25, -0.2) is 0 Å². The Balaban J connectivity index is 2.01. The smallest absolute Gasteiger partial charge is 0.275 e. The molecule has 0 saturated carbocycles. The van der Waals surface area contributed by atoms with Crippen LogP contribution in [0.2, 0.25) is 0 Å². The van der Waals surface area contributed by atoms with Crippen LogP contribution in [-0.4, -0.2) is 31.4 Å². The lowest BCUT2D eigenvalue weighted by molar-refractivity contribution is -0.676. The SMILES string of the molecule is CCNC(=O)CNC(=O)C[NH2+][C@@H](c1ccc([C@H](C)CC)cc1)c1cccs1. The number of nitrogens with two attached hydrogens (primary N) is 1. The Kier molecular flexibility index (Phi) is 8.48.